The molecule has 0 saturated carbocycles. The molecule has 1 N–H and O–H groups in total. The molecule has 7 heteroatoms. The van der Waals surface area contributed by atoms with Crippen molar-refractivity contribution in [2.45, 2.75) is 53.6 Å². The van der Waals surface area contributed by atoms with E-state index in [0.29, 0.717) is 12.2 Å². The van der Waals surface area contributed by atoms with Gasteiger partial charge >= 0.3 is 17.9 Å². The second-order valence-corrected chi connectivity index (χ2v) is 11.0. The quantitative estimate of drug-likeness (QED) is 0.151. The first-order chi connectivity index (χ1) is 19.4. The first-order valence-corrected chi connectivity index (χ1v) is 13.6. The third kappa shape index (κ3) is 9.15. The minimum Gasteiger partial charge on any atom is -0.463 e. The van der Waals surface area contributed by atoms with Gasteiger partial charge in [-0.15, -0.1) is 0 Å². The molecule has 2 unspecified atom stereocenters. The van der Waals surface area contributed by atoms with Crippen LogP contribution in [0.2, 0.25) is 0 Å². The monoisotopic (exact) mass is 558 g/mol. The van der Waals surface area contributed by atoms with E-state index in [1.54, 1.807) is 51.1 Å². The summed E-state index contributed by atoms with van der Waals surface area (Å²) in [6.45, 7) is 8.44. The van der Waals surface area contributed by atoms with Gasteiger partial charge in [-0.2, -0.15) is 0 Å². The fraction of sp³-hybridized carbons (Fsp3) is 0.324. The Labute approximate surface area is 241 Å². The molecule has 0 aromatic heterocycles. The van der Waals surface area contributed by atoms with Crippen LogP contribution in [0.5, 0.6) is 11.5 Å². The van der Waals surface area contributed by atoms with Gasteiger partial charge in [0.05, 0.1) is 16.9 Å². The maximum atomic E-state index is 13.0. The van der Waals surface area contributed by atoms with Crippen LogP contribution in [0.3, 0.4) is 0 Å². The van der Waals surface area contributed by atoms with Crippen molar-refractivity contribution in [2.24, 2.45) is 10.8 Å². The second-order valence-electron chi connectivity index (χ2n) is 11.0. The molecule has 0 bridgehead atoms. The zero-order chi connectivity index (χ0) is 30.0. The van der Waals surface area contributed by atoms with Crippen molar-refractivity contribution >= 4 is 24.0 Å². The number of ether oxygens (including phenoxy) is 3. The molecule has 0 heterocycles. The number of aliphatic hydroxyl groups is 1. The zero-order valence-electron chi connectivity index (χ0n) is 24.3. The highest BCUT2D eigenvalue weighted by molar-refractivity contribution is 5.89. The van der Waals surface area contributed by atoms with Gasteiger partial charge in [0, 0.05) is 6.08 Å². The highest BCUT2D eigenvalue weighted by Gasteiger charge is 2.43. The van der Waals surface area contributed by atoms with E-state index in [-0.39, 0.29) is 18.8 Å². The Bertz CT molecular complexity index is 1340. The number of rotatable bonds is 12. The standard InChI is InChI=1S/C34H38O7/c1-6-34(5,32(38)39-22-24(2)35)23-33(3,4)31(37)41-29-19-17-28(18-20-29)40-30(36)21-14-25-12-15-27(16-13-25)26-10-8-7-9-11-26/h7-21,24,35H,6,22-23H2,1-5H3/b21-14+. The lowest BCUT2D eigenvalue weighted by Gasteiger charge is -2.33. The highest BCUT2D eigenvalue weighted by atomic mass is 16.5. The maximum absolute atomic E-state index is 13.0. The summed E-state index contributed by atoms with van der Waals surface area (Å²) in [6.07, 6.45) is 2.92. The molecule has 0 spiro atoms. The summed E-state index contributed by atoms with van der Waals surface area (Å²) in [4.78, 5) is 38.0. The summed E-state index contributed by atoms with van der Waals surface area (Å²) in [5.74, 6) is -0.925. The van der Waals surface area contributed by atoms with Gasteiger partial charge in [-0.3, -0.25) is 9.59 Å². The number of benzene rings is 3. The summed E-state index contributed by atoms with van der Waals surface area (Å²) in [5, 5.41) is 9.43. The van der Waals surface area contributed by atoms with Crippen LogP contribution in [0, 0.1) is 10.8 Å². The van der Waals surface area contributed by atoms with Crippen LogP contribution in [-0.4, -0.2) is 35.7 Å². The van der Waals surface area contributed by atoms with Crippen LogP contribution in [0.4, 0.5) is 0 Å². The lowest BCUT2D eigenvalue weighted by molar-refractivity contribution is -0.162. The van der Waals surface area contributed by atoms with Crippen molar-refractivity contribution in [1.29, 1.82) is 0 Å². The molecule has 2 atom stereocenters. The molecule has 0 aliphatic heterocycles. The van der Waals surface area contributed by atoms with Crippen molar-refractivity contribution in [3.63, 3.8) is 0 Å². The largest absolute Gasteiger partial charge is 0.463 e. The Kier molecular flexibility index (Phi) is 10.6. The van der Waals surface area contributed by atoms with E-state index >= 15 is 0 Å². The lowest BCUT2D eigenvalue weighted by Crippen LogP contribution is -2.40. The van der Waals surface area contributed by atoms with Gasteiger partial charge in [0.2, 0.25) is 0 Å². The SMILES string of the molecule is CCC(C)(CC(C)(C)C(=O)Oc1ccc(OC(=O)/C=C/c2ccc(-c3ccccc3)cc2)cc1)C(=O)OCC(C)O. The smallest absolute Gasteiger partial charge is 0.336 e. The molecule has 0 aliphatic rings. The Hall–Kier alpha value is -4.23. The van der Waals surface area contributed by atoms with Crippen molar-refractivity contribution < 1.29 is 33.7 Å². The Morgan fingerprint density at radius 1 is 0.805 bits per heavy atom. The Balaban J connectivity index is 1.54. The van der Waals surface area contributed by atoms with Gasteiger partial charge < -0.3 is 19.3 Å². The van der Waals surface area contributed by atoms with Gasteiger partial charge in [-0.05, 0) is 87.6 Å². The molecule has 0 radical (unpaired) electrons. The van der Waals surface area contributed by atoms with Crippen molar-refractivity contribution in [1.82, 2.24) is 0 Å². The summed E-state index contributed by atoms with van der Waals surface area (Å²) in [6, 6.07) is 24.0. The number of hydrogen-bond donors (Lipinski definition) is 1. The number of esters is 3. The molecule has 0 aliphatic carbocycles. The molecule has 216 valence electrons. The van der Waals surface area contributed by atoms with E-state index in [1.165, 1.54) is 13.0 Å². The average Bonchev–Trinajstić information content (AvgIpc) is 2.96. The van der Waals surface area contributed by atoms with Crippen LogP contribution in [0.15, 0.2) is 84.9 Å². The van der Waals surface area contributed by atoms with E-state index in [9.17, 15) is 19.5 Å². The Morgan fingerprint density at radius 2 is 1.37 bits per heavy atom. The molecule has 0 amide bonds. The predicted molar refractivity (Wildman–Crippen MR) is 158 cm³/mol. The van der Waals surface area contributed by atoms with Crippen LogP contribution >= 0.6 is 0 Å². The first-order valence-electron chi connectivity index (χ1n) is 13.6. The summed E-state index contributed by atoms with van der Waals surface area (Å²) < 4.78 is 16.2. The van der Waals surface area contributed by atoms with Gasteiger partial charge in [0.25, 0.3) is 0 Å². The van der Waals surface area contributed by atoms with Crippen LogP contribution < -0.4 is 9.47 Å². The van der Waals surface area contributed by atoms with E-state index in [0.717, 1.165) is 16.7 Å². The minimum absolute atomic E-state index is 0.103. The van der Waals surface area contributed by atoms with Gasteiger partial charge in [-0.1, -0.05) is 61.5 Å². The fourth-order valence-corrected chi connectivity index (χ4v) is 4.31. The first kappa shape index (κ1) is 31.3. The lowest BCUT2D eigenvalue weighted by atomic mass is 9.72. The third-order valence-corrected chi connectivity index (χ3v) is 6.80. The third-order valence-electron chi connectivity index (χ3n) is 6.80. The second kappa shape index (κ2) is 13.9. The molecule has 3 rings (SSSR count). The normalized spacial score (nSPS) is 13.7. The minimum atomic E-state index is -0.996. The highest BCUT2D eigenvalue weighted by Crippen LogP contribution is 2.39. The van der Waals surface area contributed by atoms with E-state index in [2.05, 4.69) is 0 Å². The fourth-order valence-electron chi connectivity index (χ4n) is 4.31. The molecule has 0 saturated heterocycles. The maximum Gasteiger partial charge on any atom is 0.336 e. The van der Waals surface area contributed by atoms with Crippen LogP contribution in [0.25, 0.3) is 17.2 Å². The Morgan fingerprint density at radius 3 is 1.93 bits per heavy atom. The number of aliphatic hydroxyl groups excluding tert-OH is 1. The van der Waals surface area contributed by atoms with Gasteiger partial charge in [-0.25, -0.2) is 4.79 Å². The van der Waals surface area contributed by atoms with Gasteiger partial charge in [0.15, 0.2) is 0 Å². The molecule has 7 nitrogen and oxygen atoms in total. The number of carbonyl (C=O) groups is 3. The molecule has 41 heavy (non-hydrogen) atoms. The van der Waals surface area contributed by atoms with Crippen LogP contribution in [0.1, 0.15) is 53.0 Å². The van der Waals surface area contributed by atoms with Crippen molar-refractivity contribution in [2.75, 3.05) is 6.61 Å². The molecule has 0 fully saturated rings. The summed E-state index contributed by atoms with van der Waals surface area (Å²) in [7, 11) is 0. The van der Waals surface area contributed by atoms with Gasteiger partial charge in [0.1, 0.15) is 18.1 Å². The van der Waals surface area contributed by atoms with Crippen LogP contribution in [-0.2, 0) is 19.1 Å². The summed E-state index contributed by atoms with van der Waals surface area (Å²) in [5.41, 5.74) is 1.15. The summed E-state index contributed by atoms with van der Waals surface area (Å²) >= 11 is 0. The van der Waals surface area contributed by atoms with E-state index < -0.39 is 34.8 Å². The number of hydrogen-bond acceptors (Lipinski definition) is 7. The van der Waals surface area contributed by atoms with Crippen molar-refractivity contribution in [3.05, 3.63) is 90.5 Å². The predicted octanol–water partition coefficient (Wildman–Crippen LogP) is 6.63. The number of carbonyl (C=O) groups excluding carboxylic acids is 3. The zero-order valence-corrected chi connectivity index (χ0v) is 24.3. The van der Waals surface area contributed by atoms with Crippen molar-refractivity contribution in [3.8, 4) is 22.6 Å². The molecular weight excluding hydrogens is 520 g/mol. The van der Waals surface area contributed by atoms with E-state index in [1.807, 2.05) is 61.5 Å². The topological polar surface area (TPSA) is 99.1 Å². The average molecular weight is 559 g/mol. The molecule has 3 aromatic carbocycles. The molecular formula is C34H38O7. The molecule has 3 aromatic rings. The van der Waals surface area contributed by atoms with E-state index in [4.69, 9.17) is 14.2 Å².